The number of benzene rings is 1. The SMILES string of the molecule is Nc1nc2cccc(CBr)c2s1. The Bertz CT molecular complexity index is 410. The highest BCUT2D eigenvalue weighted by Crippen LogP contribution is 2.28. The standard InChI is InChI=1S/C8H7BrN2S/c9-4-5-2-1-3-6-7(5)12-8(10)11-6/h1-3H,4H2,(H2,10,11). The molecule has 0 radical (unpaired) electrons. The van der Waals surface area contributed by atoms with Gasteiger partial charge < -0.3 is 5.73 Å². The zero-order chi connectivity index (χ0) is 8.55. The Morgan fingerprint density at radius 3 is 3.08 bits per heavy atom. The third kappa shape index (κ3) is 1.21. The van der Waals surface area contributed by atoms with E-state index in [0.29, 0.717) is 5.13 Å². The highest BCUT2D eigenvalue weighted by molar-refractivity contribution is 9.08. The first kappa shape index (κ1) is 8.01. The van der Waals surface area contributed by atoms with Crippen LogP contribution in [-0.4, -0.2) is 4.98 Å². The summed E-state index contributed by atoms with van der Waals surface area (Å²) in [6.45, 7) is 0. The Morgan fingerprint density at radius 1 is 1.50 bits per heavy atom. The fourth-order valence-corrected chi connectivity index (χ4v) is 2.62. The normalized spacial score (nSPS) is 10.8. The fraction of sp³-hybridized carbons (Fsp3) is 0.125. The molecule has 2 rings (SSSR count). The Balaban J connectivity index is 2.78. The van der Waals surface area contributed by atoms with Crippen LogP contribution in [-0.2, 0) is 5.33 Å². The molecule has 0 unspecified atom stereocenters. The predicted octanol–water partition coefficient (Wildman–Crippen LogP) is 2.77. The first-order valence-electron chi connectivity index (χ1n) is 3.51. The molecule has 0 aliphatic carbocycles. The average Bonchev–Trinajstić information content (AvgIpc) is 2.44. The van der Waals surface area contributed by atoms with E-state index in [4.69, 9.17) is 5.73 Å². The summed E-state index contributed by atoms with van der Waals surface area (Å²) in [5, 5.41) is 1.49. The predicted molar refractivity (Wildman–Crippen MR) is 56.7 cm³/mol. The van der Waals surface area contributed by atoms with Crippen LogP contribution in [0.2, 0.25) is 0 Å². The van der Waals surface area contributed by atoms with Crippen molar-refractivity contribution in [2.45, 2.75) is 5.33 Å². The van der Waals surface area contributed by atoms with Gasteiger partial charge in [0.15, 0.2) is 5.13 Å². The summed E-state index contributed by atoms with van der Waals surface area (Å²) in [5.74, 6) is 0. The zero-order valence-electron chi connectivity index (χ0n) is 6.25. The molecule has 4 heteroatoms. The van der Waals surface area contributed by atoms with E-state index in [9.17, 15) is 0 Å². The molecule has 0 atom stereocenters. The number of anilines is 1. The third-order valence-corrected chi connectivity index (χ3v) is 3.24. The molecule has 0 aliphatic heterocycles. The Labute approximate surface area is 82.5 Å². The van der Waals surface area contributed by atoms with E-state index in [1.54, 1.807) is 0 Å². The van der Waals surface area contributed by atoms with E-state index in [1.165, 1.54) is 21.6 Å². The third-order valence-electron chi connectivity index (χ3n) is 1.66. The first-order valence-corrected chi connectivity index (χ1v) is 5.45. The monoisotopic (exact) mass is 242 g/mol. The second kappa shape index (κ2) is 3.03. The van der Waals surface area contributed by atoms with Gasteiger partial charge in [-0.2, -0.15) is 0 Å². The molecule has 0 saturated carbocycles. The lowest BCUT2D eigenvalue weighted by Crippen LogP contribution is -1.79. The van der Waals surface area contributed by atoms with Crippen molar-refractivity contribution in [2.75, 3.05) is 5.73 Å². The summed E-state index contributed by atoms with van der Waals surface area (Å²) >= 11 is 4.97. The lowest BCUT2D eigenvalue weighted by molar-refractivity contribution is 1.46. The topological polar surface area (TPSA) is 38.9 Å². The molecule has 2 nitrogen and oxygen atoms in total. The van der Waals surface area contributed by atoms with Gasteiger partial charge in [-0.15, -0.1) is 0 Å². The van der Waals surface area contributed by atoms with Crippen molar-refractivity contribution in [1.82, 2.24) is 4.98 Å². The number of hydrogen-bond acceptors (Lipinski definition) is 3. The summed E-state index contributed by atoms with van der Waals surface area (Å²) in [6.07, 6.45) is 0. The summed E-state index contributed by atoms with van der Waals surface area (Å²) in [7, 11) is 0. The van der Waals surface area contributed by atoms with Crippen LogP contribution in [0.15, 0.2) is 18.2 Å². The van der Waals surface area contributed by atoms with E-state index < -0.39 is 0 Å². The highest BCUT2D eigenvalue weighted by atomic mass is 79.9. The van der Waals surface area contributed by atoms with Crippen molar-refractivity contribution in [1.29, 1.82) is 0 Å². The van der Waals surface area contributed by atoms with Crippen LogP contribution in [0.3, 0.4) is 0 Å². The van der Waals surface area contributed by atoms with E-state index in [2.05, 4.69) is 27.0 Å². The molecule has 1 aromatic heterocycles. The number of nitrogens with zero attached hydrogens (tertiary/aromatic N) is 1. The Kier molecular flexibility index (Phi) is 2.02. The van der Waals surface area contributed by atoms with E-state index in [-0.39, 0.29) is 0 Å². The largest absolute Gasteiger partial charge is 0.375 e. The molecular formula is C8H7BrN2S. The summed E-state index contributed by atoms with van der Waals surface area (Å²) in [4.78, 5) is 4.20. The summed E-state index contributed by atoms with van der Waals surface area (Å²) in [5.41, 5.74) is 7.85. The molecule has 0 fully saturated rings. The van der Waals surface area contributed by atoms with Crippen LogP contribution in [0.4, 0.5) is 5.13 Å². The summed E-state index contributed by atoms with van der Waals surface area (Å²) < 4.78 is 1.19. The minimum absolute atomic E-state index is 0.637. The molecule has 0 saturated heterocycles. The molecule has 62 valence electrons. The molecule has 1 heterocycles. The van der Waals surface area contributed by atoms with Crippen molar-refractivity contribution >= 4 is 42.6 Å². The number of nitrogen functional groups attached to an aromatic ring is 1. The van der Waals surface area contributed by atoms with Crippen LogP contribution >= 0.6 is 27.3 Å². The Hall–Kier alpha value is -0.610. The molecule has 2 N–H and O–H groups in total. The number of rotatable bonds is 1. The van der Waals surface area contributed by atoms with Crippen LogP contribution in [0.5, 0.6) is 0 Å². The van der Waals surface area contributed by atoms with Crippen LogP contribution < -0.4 is 5.73 Å². The number of alkyl halides is 1. The van der Waals surface area contributed by atoms with Crippen molar-refractivity contribution in [3.8, 4) is 0 Å². The maximum absolute atomic E-state index is 5.61. The number of hydrogen-bond donors (Lipinski definition) is 1. The van der Waals surface area contributed by atoms with Crippen LogP contribution in [0.25, 0.3) is 10.2 Å². The van der Waals surface area contributed by atoms with Gasteiger partial charge in [-0.05, 0) is 11.6 Å². The van der Waals surface area contributed by atoms with Gasteiger partial charge in [-0.1, -0.05) is 39.4 Å². The molecule has 0 aliphatic rings. The second-order valence-corrected chi connectivity index (χ2v) is 4.04. The first-order chi connectivity index (χ1) is 5.81. The average molecular weight is 243 g/mol. The molecule has 0 spiro atoms. The van der Waals surface area contributed by atoms with Gasteiger partial charge >= 0.3 is 0 Å². The second-order valence-electron chi connectivity index (χ2n) is 2.45. The number of thiazole rings is 1. The van der Waals surface area contributed by atoms with E-state index in [1.807, 2.05) is 12.1 Å². The van der Waals surface area contributed by atoms with Gasteiger partial charge in [-0.3, -0.25) is 0 Å². The van der Waals surface area contributed by atoms with Crippen LogP contribution in [0, 0.1) is 0 Å². The lowest BCUT2D eigenvalue weighted by Gasteiger charge is -1.94. The van der Waals surface area contributed by atoms with Gasteiger partial charge in [0.2, 0.25) is 0 Å². The molecule has 2 aromatic rings. The lowest BCUT2D eigenvalue weighted by atomic mass is 10.2. The smallest absolute Gasteiger partial charge is 0.181 e. The van der Waals surface area contributed by atoms with E-state index in [0.717, 1.165) is 10.8 Å². The minimum atomic E-state index is 0.637. The van der Waals surface area contributed by atoms with Gasteiger partial charge in [0.05, 0.1) is 10.2 Å². The summed E-state index contributed by atoms with van der Waals surface area (Å²) in [6, 6.07) is 6.06. The fourth-order valence-electron chi connectivity index (χ4n) is 1.13. The molecule has 0 bridgehead atoms. The van der Waals surface area contributed by atoms with Gasteiger partial charge in [0.1, 0.15) is 0 Å². The highest BCUT2D eigenvalue weighted by Gasteiger charge is 2.03. The van der Waals surface area contributed by atoms with Crippen molar-refractivity contribution < 1.29 is 0 Å². The number of aromatic nitrogens is 1. The quantitative estimate of drug-likeness (QED) is 0.782. The number of halogens is 1. The number of fused-ring (bicyclic) bond motifs is 1. The maximum Gasteiger partial charge on any atom is 0.181 e. The molecule has 12 heavy (non-hydrogen) atoms. The molecule has 1 aromatic carbocycles. The van der Waals surface area contributed by atoms with Gasteiger partial charge in [0.25, 0.3) is 0 Å². The zero-order valence-corrected chi connectivity index (χ0v) is 8.65. The van der Waals surface area contributed by atoms with Crippen LogP contribution in [0.1, 0.15) is 5.56 Å². The van der Waals surface area contributed by atoms with E-state index >= 15 is 0 Å². The van der Waals surface area contributed by atoms with Gasteiger partial charge in [-0.25, -0.2) is 4.98 Å². The minimum Gasteiger partial charge on any atom is -0.375 e. The van der Waals surface area contributed by atoms with Crippen molar-refractivity contribution in [2.24, 2.45) is 0 Å². The molecule has 0 amide bonds. The van der Waals surface area contributed by atoms with Crippen molar-refractivity contribution in [3.05, 3.63) is 23.8 Å². The van der Waals surface area contributed by atoms with Gasteiger partial charge in [0, 0.05) is 5.33 Å². The molecular weight excluding hydrogens is 236 g/mol. The Morgan fingerprint density at radius 2 is 2.33 bits per heavy atom. The number of nitrogens with two attached hydrogens (primary N) is 1. The van der Waals surface area contributed by atoms with Crippen molar-refractivity contribution in [3.63, 3.8) is 0 Å². The maximum atomic E-state index is 5.61.